The van der Waals surface area contributed by atoms with Crippen molar-refractivity contribution in [2.75, 3.05) is 37.7 Å². The Morgan fingerprint density at radius 3 is 2.57 bits per heavy atom. The van der Waals surface area contributed by atoms with E-state index < -0.39 is 9.84 Å². The minimum absolute atomic E-state index is 0.00927. The molecule has 0 spiro atoms. The van der Waals surface area contributed by atoms with E-state index in [0.29, 0.717) is 19.5 Å². The fourth-order valence-corrected chi connectivity index (χ4v) is 5.02. The molecule has 23 heavy (non-hydrogen) atoms. The molecule has 1 aromatic rings. The number of benzene rings is 1. The predicted molar refractivity (Wildman–Crippen MR) is 86.7 cm³/mol. The molecule has 2 heterocycles. The number of aromatic hydroxyl groups is 1. The van der Waals surface area contributed by atoms with Crippen LogP contribution in [0.5, 0.6) is 5.75 Å². The average molecular weight is 338 g/mol. The minimum Gasteiger partial charge on any atom is -0.508 e. The van der Waals surface area contributed by atoms with Crippen LogP contribution >= 0.6 is 0 Å². The highest BCUT2D eigenvalue weighted by molar-refractivity contribution is 7.91. The summed E-state index contributed by atoms with van der Waals surface area (Å²) in [6, 6.07) is 7.20. The Kier molecular flexibility index (Phi) is 4.59. The van der Waals surface area contributed by atoms with Crippen molar-refractivity contribution in [3.8, 4) is 5.75 Å². The lowest BCUT2D eigenvalue weighted by Crippen LogP contribution is -2.50. The summed E-state index contributed by atoms with van der Waals surface area (Å²) in [5.41, 5.74) is 1.05. The van der Waals surface area contributed by atoms with Gasteiger partial charge in [-0.15, -0.1) is 0 Å². The molecule has 7 heteroatoms. The van der Waals surface area contributed by atoms with E-state index in [-0.39, 0.29) is 29.1 Å². The molecule has 1 amide bonds. The van der Waals surface area contributed by atoms with Crippen molar-refractivity contribution in [2.45, 2.75) is 13.0 Å². The van der Waals surface area contributed by atoms with Gasteiger partial charge >= 0.3 is 0 Å². The van der Waals surface area contributed by atoms with Crippen molar-refractivity contribution in [3.05, 3.63) is 29.8 Å². The molecule has 0 aromatic heterocycles. The number of nitrogens with zero attached hydrogens (tertiary/aromatic N) is 2. The summed E-state index contributed by atoms with van der Waals surface area (Å²) in [4.78, 5) is 16.4. The Morgan fingerprint density at radius 2 is 1.96 bits per heavy atom. The van der Waals surface area contributed by atoms with E-state index in [1.807, 2.05) is 12.1 Å². The third kappa shape index (κ3) is 4.03. The number of sulfone groups is 1. The van der Waals surface area contributed by atoms with Gasteiger partial charge in [0, 0.05) is 32.7 Å². The number of carbonyl (C=O) groups excluding carboxylic acids is 1. The minimum atomic E-state index is -3.02. The van der Waals surface area contributed by atoms with Gasteiger partial charge in [-0.3, -0.25) is 9.69 Å². The molecule has 0 saturated carbocycles. The Labute approximate surface area is 136 Å². The number of amides is 1. The van der Waals surface area contributed by atoms with Gasteiger partial charge in [0.25, 0.3) is 0 Å². The van der Waals surface area contributed by atoms with Gasteiger partial charge in [-0.25, -0.2) is 8.42 Å². The van der Waals surface area contributed by atoms with Crippen molar-refractivity contribution >= 4 is 15.7 Å². The van der Waals surface area contributed by atoms with Crippen LogP contribution in [0.1, 0.15) is 12.0 Å². The highest BCUT2D eigenvalue weighted by Crippen LogP contribution is 2.22. The molecule has 2 saturated heterocycles. The molecule has 0 aliphatic carbocycles. The summed E-state index contributed by atoms with van der Waals surface area (Å²) in [6.07, 6.45) is 0.463. The van der Waals surface area contributed by atoms with Crippen LogP contribution in [0.4, 0.5) is 0 Å². The second-order valence-corrected chi connectivity index (χ2v) is 8.60. The number of piperazine rings is 1. The summed E-state index contributed by atoms with van der Waals surface area (Å²) >= 11 is 0. The zero-order chi connectivity index (χ0) is 16.4. The maximum Gasteiger partial charge on any atom is 0.226 e. The molecule has 1 unspecified atom stereocenters. The molecular weight excluding hydrogens is 316 g/mol. The van der Waals surface area contributed by atoms with E-state index in [2.05, 4.69) is 4.90 Å². The maximum atomic E-state index is 12.4. The van der Waals surface area contributed by atoms with Gasteiger partial charge in [0.1, 0.15) is 5.75 Å². The van der Waals surface area contributed by atoms with Crippen LogP contribution in [0.15, 0.2) is 24.3 Å². The van der Waals surface area contributed by atoms with Crippen LogP contribution in [0, 0.1) is 5.92 Å². The lowest BCUT2D eigenvalue weighted by atomic mass is 10.1. The van der Waals surface area contributed by atoms with Crippen LogP contribution < -0.4 is 0 Å². The number of hydrogen-bond donors (Lipinski definition) is 1. The molecule has 126 valence electrons. The summed E-state index contributed by atoms with van der Waals surface area (Å²) in [5, 5.41) is 9.50. The normalized spacial score (nSPS) is 24.7. The molecule has 2 aliphatic rings. The molecule has 3 rings (SSSR count). The molecule has 2 fully saturated rings. The molecule has 6 nitrogen and oxygen atoms in total. The van der Waals surface area contributed by atoms with Crippen LogP contribution in [-0.4, -0.2) is 66.9 Å². The third-order valence-corrected chi connectivity index (χ3v) is 6.35. The second-order valence-electron chi connectivity index (χ2n) is 6.37. The van der Waals surface area contributed by atoms with Crippen molar-refractivity contribution in [3.63, 3.8) is 0 Å². The van der Waals surface area contributed by atoms with Crippen LogP contribution in [0.25, 0.3) is 0 Å². The highest BCUT2D eigenvalue weighted by atomic mass is 32.2. The summed E-state index contributed by atoms with van der Waals surface area (Å²) in [7, 11) is -3.02. The van der Waals surface area contributed by atoms with Gasteiger partial charge in [0.15, 0.2) is 9.84 Å². The number of carbonyl (C=O) groups is 1. The Morgan fingerprint density at radius 1 is 1.22 bits per heavy atom. The first-order valence-electron chi connectivity index (χ1n) is 7.92. The molecule has 1 aromatic carbocycles. The second kappa shape index (κ2) is 6.49. The van der Waals surface area contributed by atoms with Gasteiger partial charge in [-0.2, -0.15) is 0 Å². The molecular formula is C16H22N2O4S. The fraction of sp³-hybridized carbons (Fsp3) is 0.562. The molecule has 1 atom stereocenters. The van der Waals surface area contributed by atoms with Gasteiger partial charge in [0.2, 0.25) is 5.91 Å². The van der Waals surface area contributed by atoms with Gasteiger partial charge in [-0.1, -0.05) is 12.1 Å². The summed E-state index contributed by atoms with van der Waals surface area (Å²) < 4.78 is 23.0. The largest absolute Gasteiger partial charge is 0.508 e. The van der Waals surface area contributed by atoms with E-state index in [9.17, 15) is 18.3 Å². The summed E-state index contributed by atoms with van der Waals surface area (Å²) in [6.45, 7) is 3.54. The predicted octanol–water partition coefficient (Wildman–Crippen LogP) is 0.471. The first-order chi connectivity index (χ1) is 10.9. The number of phenols is 1. The van der Waals surface area contributed by atoms with E-state index in [4.69, 9.17) is 0 Å². The van der Waals surface area contributed by atoms with Crippen molar-refractivity contribution in [1.29, 1.82) is 0 Å². The zero-order valence-corrected chi connectivity index (χ0v) is 13.8. The molecule has 2 aliphatic heterocycles. The van der Waals surface area contributed by atoms with E-state index in [1.165, 1.54) is 0 Å². The van der Waals surface area contributed by atoms with E-state index in [0.717, 1.165) is 25.2 Å². The highest BCUT2D eigenvalue weighted by Gasteiger charge is 2.36. The van der Waals surface area contributed by atoms with Crippen molar-refractivity contribution in [2.24, 2.45) is 5.92 Å². The lowest BCUT2D eigenvalue weighted by Gasteiger charge is -2.35. The monoisotopic (exact) mass is 338 g/mol. The average Bonchev–Trinajstić information content (AvgIpc) is 2.87. The van der Waals surface area contributed by atoms with E-state index in [1.54, 1.807) is 17.0 Å². The van der Waals surface area contributed by atoms with Gasteiger partial charge in [-0.05, 0) is 24.1 Å². The van der Waals surface area contributed by atoms with E-state index >= 15 is 0 Å². The Hall–Kier alpha value is -1.60. The third-order valence-electron chi connectivity index (χ3n) is 4.58. The first-order valence-corrected chi connectivity index (χ1v) is 9.74. The smallest absolute Gasteiger partial charge is 0.226 e. The Balaban J connectivity index is 1.51. The van der Waals surface area contributed by atoms with Crippen molar-refractivity contribution in [1.82, 2.24) is 9.80 Å². The maximum absolute atomic E-state index is 12.4. The number of phenolic OH excluding ortho intramolecular Hbond substituents is 1. The zero-order valence-electron chi connectivity index (χ0n) is 13.0. The quantitative estimate of drug-likeness (QED) is 0.867. The molecule has 0 bridgehead atoms. The summed E-state index contributed by atoms with van der Waals surface area (Å²) in [5.74, 6) is 0.0513. The molecule has 0 radical (unpaired) electrons. The van der Waals surface area contributed by atoms with Gasteiger partial charge < -0.3 is 10.0 Å². The number of rotatable bonds is 3. The fourth-order valence-electron chi connectivity index (χ4n) is 3.29. The standard InChI is InChI=1S/C16H22N2O4S/c19-15-3-1-2-13(10-15)11-17-5-7-18(8-6-17)16(20)14-4-9-23(21,22)12-14/h1-3,10,14,19H,4-9,11-12H2. The lowest BCUT2D eigenvalue weighted by molar-refractivity contribution is -0.136. The topological polar surface area (TPSA) is 77.9 Å². The molecule has 1 N–H and O–H groups in total. The van der Waals surface area contributed by atoms with Crippen LogP contribution in [0.3, 0.4) is 0 Å². The Bertz CT molecular complexity index is 681. The van der Waals surface area contributed by atoms with Crippen LogP contribution in [-0.2, 0) is 21.2 Å². The first kappa shape index (κ1) is 16.3. The van der Waals surface area contributed by atoms with Crippen molar-refractivity contribution < 1.29 is 18.3 Å². The van der Waals surface area contributed by atoms with Crippen LogP contribution in [0.2, 0.25) is 0 Å². The van der Waals surface area contributed by atoms with Gasteiger partial charge in [0.05, 0.1) is 17.4 Å². The SMILES string of the molecule is O=C(C1CCS(=O)(=O)C1)N1CCN(Cc2cccc(O)c2)CC1. The number of hydrogen-bond acceptors (Lipinski definition) is 5.